The van der Waals surface area contributed by atoms with Gasteiger partial charge in [-0.3, -0.25) is 0 Å². The molecule has 0 radical (unpaired) electrons. The summed E-state index contributed by atoms with van der Waals surface area (Å²) < 4.78 is 11.4. The highest BCUT2D eigenvalue weighted by Crippen LogP contribution is 2.25. The van der Waals surface area contributed by atoms with Crippen molar-refractivity contribution in [2.24, 2.45) is 0 Å². The summed E-state index contributed by atoms with van der Waals surface area (Å²) in [6.45, 7) is 8.09. The fourth-order valence-corrected chi connectivity index (χ4v) is 3.45. The smallest absolute Gasteiger partial charge is 0.137 e. The van der Waals surface area contributed by atoms with Crippen molar-refractivity contribution in [2.75, 3.05) is 52.5 Å². The lowest BCUT2D eigenvalue weighted by Crippen LogP contribution is -3.16. The zero-order valence-corrected chi connectivity index (χ0v) is 16.0. The number of hydrogen-bond acceptors (Lipinski definition) is 2. The van der Waals surface area contributed by atoms with E-state index < -0.39 is 0 Å². The molecule has 1 aliphatic heterocycles. The van der Waals surface area contributed by atoms with Crippen LogP contribution in [0.15, 0.2) is 48.5 Å². The van der Waals surface area contributed by atoms with E-state index in [2.05, 4.69) is 29.6 Å². The van der Waals surface area contributed by atoms with Crippen LogP contribution in [-0.4, -0.2) is 52.5 Å². The molecule has 1 heterocycles. The predicted octanol–water partition coefficient (Wildman–Crippen LogP) is 0.788. The molecule has 3 rings (SSSR count). The van der Waals surface area contributed by atoms with Gasteiger partial charge in [-0.15, -0.1) is 0 Å². The van der Waals surface area contributed by atoms with Gasteiger partial charge in [0.2, 0.25) is 0 Å². The number of nitrogens with two attached hydrogens (primary N) is 1. The molecule has 1 aliphatic rings. The third-order valence-corrected chi connectivity index (χ3v) is 4.98. The first-order chi connectivity index (χ1) is 12.8. The van der Waals surface area contributed by atoms with Gasteiger partial charge in [-0.25, -0.2) is 0 Å². The van der Waals surface area contributed by atoms with Crippen molar-refractivity contribution in [3.8, 4) is 5.75 Å². The summed E-state index contributed by atoms with van der Waals surface area (Å²) in [6, 6.07) is 16.3. The number of morpholine rings is 1. The van der Waals surface area contributed by atoms with Gasteiger partial charge in [0.15, 0.2) is 0 Å². The van der Waals surface area contributed by atoms with Gasteiger partial charge in [0, 0.05) is 11.4 Å². The molecule has 0 unspecified atom stereocenters. The fourth-order valence-electron chi connectivity index (χ4n) is 3.26. The van der Waals surface area contributed by atoms with Gasteiger partial charge in [0.25, 0.3) is 0 Å². The number of quaternary nitrogens is 2. The first kappa shape index (κ1) is 19.2. The van der Waals surface area contributed by atoms with Crippen LogP contribution in [0.5, 0.6) is 5.75 Å². The van der Waals surface area contributed by atoms with Gasteiger partial charge in [-0.1, -0.05) is 41.9 Å². The molecule has 3 N–H and O–H groups in total. The van der Waals surface area contributed by atoms with Crippen LogP contribution >= 0.6 is 11.6 Å². The Balaban J connectivity index is 1.42. The molecule has 2 aromatic rings. The zero-order valence-electron chi connectivity index (χ0n) is 15.3. The lowest BCUT2D eigenvalue weighted by molar-refractivity contribution is -0.919. The van der Waals surface area contributed by atoms with Crippen molar-refractivity contribution in [3.05, 3.63) is 64.7 Å². The van der Waals surface area contributed by atoms with E-state index in [9.17, 15) is 0 Å². The van der Waals surface area contributed by atoms with Crippen LogP contribution in [0.2, 0.25) is 5.02 Å². The van der Waals surface area contributed by atoms with Crippen LogP contribution in [0.25, 0.3) is 0 Å². The maximum absolute atomic E-state index is 6.19. The number of nitrogens with one attached hydrogen (secondary N) is 1. The average Bonchev–Trinajstić information content (AvgIpc) is 2.68. The number of hydrogen-bond donors (Lipinski definition) is 2. The van der Waals surface area contributed by atoms with Gasteiger partial charge in [-0.2, -0.15) is 0 Å². The Morgan fingerprint density at radius 1 is 1.04 bits per heavy atom. The minimum absolute atomic E-state index is 0.710. The van der Waals surface area contributed by atoms with Gasteiger partial charge in [0.1, 0.15) is 45.1 Å². The number of benzene rings is 2. The van der Waals surface area contributed by atoms with Crippen molar-refractivity contribution in [3.63, 3.8) is 0 Å². The molecule has 0 spiro atoms. The highest BCUT2D eigenvalue weighted by atomic mass is 35.5. The molecule has 1 fully saturated rings. The number of rotatable bonds is 9. The highest BCUT2D eigenvalue weighted by molar-refractivity contribution is 6.30. The average molecular weight is 377 g/mol. The second-order valence-electron chi connectivity index (χ2n) is 6.74. The predicted molar refractivity (Wildman–Crippen MR) is 104 cm³/mol. The lowest BCUT2D eigenvalue weighted by Gasteiger charge is -2.22. The van der Waals surface area contributed by atoms with Gasteiger partial charge in [0.05, 0.1) is 13.2 Å². The van der Waals surface area contributed by atoms with Crippen molar-refractivity contribution in [2.45, 2.75) is 6.42 Å². The summed E-state index contributed by atoms with van der Waals surface area (Å²) >= 11 is 6.19. The quantitative estimate of drug-likeness (QED) is 0.635. The molecule has 5 heteroatoms. The van der Waals surface area contributed by atoms with Crippen LogP contribution in [0.1, 0.15) is 11.1 Å². The monoisotopic (exact) mass is 376 g/mol. The molecule has 0 atom stereocenters. The second-order valence-corrected chi connectivity index (χ2v) is 7.18. The van der Waals surface area contributed by atoms with E-state index in [1.807, 2.05) is 24.3 Å². The molecule has 0 amide bonds. The normalized spacial score (nSPS) is 15.1. The standard InChI is InChI=1S/C21H27ClN2O2/c22-20-6-7-21(19(17-20)16-18-4-2-1-3-5-18)26-13-9-23-8-10-24-11-14-25-15-12-24/h1-7,17,23H,8-16H2/p+2. The maximum Gasteiger partial charge on any atom is 0.137 e. The van der Waals surface area contributed by atoms with Crippen molar-refractivity contribution < 1.29 is 19.7 Å². The topological polar surface area (TPSA) is 39.5 Å². The third kappa shape index (κ3) is 6.29. The number of ether oxygens (including phenoxy) is 2. The van der Waals surface area contributed by atoms with E-state index in [4.69, 9.17) is 21.1 Å². The van der Waals surface area contributed by atoms with Crippen LogP contribution < -0.4 is 15.0 Å². The Morgan fingerprint density at radius 2 is 1.85 bits per heavy atom. The first-order valence-electron chi connectivity index (χ1n) is 9.49. The molecular formula is C21H29ClN2O2+2. The van der Waals surface area contributed by atoms with Gasteiger partial charge in [-0.05, 0) is 29.3 Å². The lowest BCUT2D eigenvalue weighted by atomic mass is 10.0. The summed E-state index contributed by atoms with van der Waals surface area (Å²) in [7, 11) is 0. The molecule has 26 heavy (non-hydrogen) atoms. The summed E-state index contributed by atoms with van der Waals surface area (Å²) in [4.78, 5) is 1.65. The largest absolute Gasteiger partial charge is 0.487 e. The summed E-state index contributed by atoms with van der Waals surface area (Å²) in [6.07, 6.45) is 0.834. The van der Waals surface area contributed by atoms with E-state index in [1.54, 1.807) is 4.90 Å². The summed E-state index contributed by atoms with van der Waals surface area (Å²) in [5.41, 5.74) is 2.40. The summed E-state index contributed by atoms with van der Waals surface area (Å²) in [5.74, 6) is 0.936. The Bertz CT molecular complexity index is 660. The number of halogens is 1. The van der Waals surface area contributed by atoms with E-state index in [0.717, 1.165) is 62.1 Å². The Hall–Kier alpha value is -1.59. The van der Waals surface area contributed by atoms with Crippen LogP contribution in [0.3, 0.4) is 0 Å². The van der Waals surface area contributed by atoms with E-state index >= 15 is 0 Å². The SMILES string of the molecule is Clc1ccc(OCC[NH2+]CC[NH+]2CCOCC2)c(Cc2ccccc2)c1. The third-order valence-electron chi connectivity index (χ3n) is 4.74. The second kappa shape index (κ2) is 10.5. The zero-order chi connectivity index (χ0) is 18.0. The van der Waals surface area contributed by atoms with Gasteiger partial charge < -0.3 is 19.7 Å². The molecular weight excluding hydrogens is 348 g/mol. The maximum atomic E-state index is 6.19. The Labute approximate surface area is 161 Å². The van der Waals surface area contributed by atoms with Crippen molar-refractivity contribution in [1.29, 1.82) is 0 Å². The molecule has 0 aromatic heterocycles. The molecule has 1 saturated heterocycles. The Kier molecular flexibility index (Phi) is 7.77. The van der Waals surface area contributed by atoms with Crippen LogP contribution in [0, 0.1) is 0 Å². The van der Waals surface area contributed by atoms with E-state index in [1.165, 1.54) is 12.1 Å². The fraction of sp³-hybridized carbons (Fsp3) is 0.429. The molecule has 2 aromatic carbocycles. The van der Waals surface area contributed by atoms with Crippen LogP contribution in [-0.2, 0) is 11.2 Å². The minimum atomic E-state index is 0.710. The summed E-state index contributed by atoms with van der Waals surface area (Å²) in [5, 5.41) is 3.10. The highest BCUT2D eigenvalue weighted by Gasteiger charge is 2.13. The first-order valence-corrected chi connectivity index (χ1v) is 9.87. The molecule has 0 saturated carbocycles. The van der Waals surface area contributed by atoms with Gasteiger partial charge >= 0.3 is 0 Å². The van der Waals surface area contributed by atoms with Crippen molar-refractivity contribution in [1.82, 2.24) is 0 Å². The Morgan fingerprint density at radius 3 is 2.65 bits per heavy atom. The van der Waals surface area contributed by atoms with E-state index in [0.29, 0.717) is 6.61 Å². The van der Waals surface area contributed by atoms with E-state index in [-0.39, 0.29) is 0 Å². The van der Waals surface area contributed by atoms with Crippen LogP contribution in [0.4, 0.5) is 0 Å². The van der Waals surface area contributed by atoms with Crippen molar-refractivity contribution >= 4 is 11.6 Å². The molecule has 4 nitrogen and oxygen atoms in total. The molecule has 140 valence electrons. The molecule has 0 aliphatic carbocycles. The minimum Gasteiger partial charge on any atom is -0.487 e. The molecule has 0 bridgehead atoms.